The fraction of sp³-hybridized carbons (Fsp3) is 0.188. The standard InChI is InChI=1S/C16H13BrN2O4/c1-9-16(22)18-12-6-10(2-4-14(12)23-9)13(20)8-19-7-11(17)3-5-15(19)21/h2-7,9H,8H2,1H3,(H,18,22). The summed E-state index contributed by atoms with van der Waals surface area (Å²) in [5.74, 6) is 0.0273. The molecule has 2 aromatic rings. The summed E-state index contributed by atoms with van der Waals surface area (Å²) in [7, 11) is 0. The van der Waals surface area contributed by atoms with Gasteiger partial charge in [0.25, 0.3) is 11.5 Å². The lowest BCUT2D eigenvalue weighted by Crippen LogP contribution is -2.34. The van der Waals surface area contributed by atoms with Crippen LogP contribution in [-0.2, 0) is 11.3 Å². The number of rotatable bonds is 3. The van der Waals surface area contributed by atoms with Crippen LogP contribution in [0.15, 0.2) is 45.8 Å². The van der Waals surface area contributed by atoms with Gasteiger partial charge in [0.15, 0.2) is 11.9 Å². The van der Waals surface area contributed by atoms with E-state index in [0.29, 0.717) is 21.5 Å². The van der Waals surface area contributed by atoms with Crippen LogP contribution >= 0.6 is 15.9 Å². The summed E-state index contributed by atoms with van der Waals surface area (Å²) in [5.41, 5.74) is 0.597. The van der Waals surface area contributed by atoms with Gasteiger partial charge in [-0.05, 0) is 47.1 Å². The van der Waals surface area contributed by atoms with Gasteiger partial charge in [0.1, 0.15) is 5.75 Å². The third kappa shape index (κ3) is 3.19. The Hall–Kier alpha value is -2.41. The molecule has 1 amide bonds. The molecule has 1 atom stereocenters. The fourth-order valence-electron chi connectivity index (χ4n) is 2.25. The van der Waals surface area contributed by atoms with Crippen LogP contribution in [0.4, 0.5) is 5.69 Å². The van der Waals surface area contributed by atoms with E-state index in [2.05, 4.69) is 21.2 Å². The van der Waals surface area contributed by atoms with E-state index in [4.69, 9.17) is 4.74 Å². The van der Waals surface area contributed by atoms with E-state index in [1.165, 1.54) is 10.6 Å². The largest absolute Gasteiger partial charge is 0.479 e. The average molecular weight is 377 g/mol. The number of halogens is 1. The third-order valence-electron chi connectivity index (χ3n) is 3.49. The van der Waals surface area contributed by atoms with E-state index >= 15 is 0 Å². The molecule has 23 heavy (non-hydrogen) atoms. The van der Waals surface area contributed by atoms with E-state index in [1.54, 1.807) is 37.4 Å². The molecule has 0 saturated carbocycles. The molecule has 1 unspecified atom stereocenters. The normalized spacial score (nSPS) is 16.3. The second-order valence-electron chi connectivity index (χ2n) is 5.20. The highest BCUT2D eigenvalue weighted by atomic mass is 79.9. The number of nitrogens with one attached hydrogen (secondary N) is 1. The SMILES string of the molecule is CC1Oc2ccc(C(=O)Cn3cc(Br)ccc3=O)cc2NC1=O. The third-order valence-corrected chi connectivity index (χ3v) is 3.96. The summed E-state index contributed by atoms with van der Waals surface area (Å²) < 4.78 is 7.48. The Labute approximate surface area is 140 Å². The number of anilines is 1. The molecule has 1 aromatic heterocycles. The van der Waals surface area contributed by atoms with E-state index in [1.807, 2.05) is 0 Å². The molecular formula is C16H13BrN2O4. The molecule has 2 heterocycles. The smallest absolute Gasteiger partial charge is 0.265 e. The van der Waals surface area contributed by atoms with E-state index < -0.39 is 6.10 Å². The number of nitrogens with zero attached hydrogens (tertiary/aromatic N) is 1. The maximum absolute atomic E-state index is 12.4. The molecule has 1 N–H and O–H groups in total. The zero-order valence-corrected chi connectivity index (χ0v) is 13.8. The number of hydrogen-bond donors (Lipinski definition) is 1. The Morgan fingerprint density at radius 2 is 2.09 bits per heavy atom. The summed E-state index contributed by atoms with van der Waals surface area (Å²) in [6, 6.07) is 7.83. The van der Waals surface area contributed by atoms with Gasteiger partial charge < -0.3 is 14.6 Å². The first-order valence-corrected chi connectivity index (χ1v) is 7.74. The van der Waals surface area contributed by atoms with Crippen molar-refractivity contribution in [3.8, 4) is 5.75 Å². The minimum atomic E-state index is -0.565. The van der Waals surface area contributed by atoms with Crippen LogP contribution in [0.2, 0.25) is 0 Å². The predicted octanol–water partition coefficient (Wildman–Crippen LogP) is 2.21. The Bertz CT molecular complexity index is 859. The number of carbonyl (C=O) groups is 2. The maximum atomic E-state index is 12.4. The average Bonchev–Trinajstić information content (AvgIpc) is 2.51. The molecular weight excluding hydrogens is 364 g/mol. The highest BCUT2D eigenvalue weighted by molar-refractivity contribution is 9.10. The highest BCUT2D eigenvalue weighted by Crippen LogP contribution is 2.30. The molecule has 0 spiro atoms. The number of hydrogen-bond acceptors (Lipinski definition) is 4. The maximum Gasteiger partial charge on any atom is 0.265 e. The highest BCUT2D eigenvalue weighted by Gasteiger charge is 2.24. The quantitative estimate of drug-likeness (QED) is 0.833. The number of ketones is 1. The number of Topliss-reactive ketones (excluding diaryl/α,β-unsaturated/α-hetero) is 1. The lowest BCUT2D eigenvalue weighted by Gasteiger charge is -2.23. The lowest BCUT2D eigenvalue weighted by atomic mass is 10.1. The summed E-state index contributed by atoms with van der Waals surface area (Å²) in [5, 5.41) is 2.70. The van der Waals surface area contributed by atoms with Crippen LogP contribution in [0.25, 0.3) is 0 Å². The van der Waals surface area contributed by atoms with E-state index in [-0.39, 0.29) is 23.8 Å². The van der Waals surface area contributed by atoms with Crippen LogP contribution in [0.3, 0.4) is 0 Å². The van der Waals surface area contributed by atoms with Crippen LogP contribution in [0.1, 0.15) is 17.3 Å². The van der Waals surface area contributed by atoms with Gasteiger partial charge in [-0.3, -0.25) is 14.4 Å². The van der Waals surface area contributed by atoms with Crippen LogP contribution in [0.5, 0.6) is 5.75 Å². The number of carbonyl (C=O) groups excluding carboxylic acids is 2. The number of benzene rings is 1. The topological polar surface area (TPSA) is 77.4 Å². The van der Waals surface area contributed by atoms with Crippen molar-refractivity contribution in [2.45, 2.75) is 19.6 Å². The summed E-state index contributed by atoms with van der Waals surface area (Å²) in [6.07, 6.45) is 0.995. The van der Waals surface area contributed by atoms with Crippen molar-refractivity contribution < 1.29 is 14.3 Å². The lowest BCUT2D eigenvalue weighted by molar-refractivity contribution is -0.122. The van der Waals surface area contributed by atoms with Gasteiger partial charge in [-0.1, -0.05) is 0 Å². The molecule has 0 bridgehead atoms. The minimum Gasteiger partial charge on any atom is -0.479 e. The van der Waals surface area contributed by atoms with Crippen molar-refractivity contribution in [1.29, 1.82) is 0 Å². The molecule has 6 nitrogen and oxygen atoms in total. The Balaban J connectivity index is 1.86. The molecule has 1 aliphatic rings. The number of amides is 1. The zero-order chi connectivity index (χ0) is 16.6. The summed E-state index contributed by atoms with van der Waals surface area (Å²) in [6.45, 7) is 1.57. The number of aromatic nitrogens is 1. The van der Waals surface area contributed by atoms with Gasteiger partial charge in [0.2, 0.25) is 0 Å². The Kier molecular flexibility index (Phi) is 4.04. The zero-order valence-electron chi connectivity index (χ0n) is 12.2. The Morgan fingerprint density at radius 3 is 2.87 bits per heavy atom. The molecule has 0 radical (unpaired) electrons. The summed E-state index contributed by atoms with van der Waals surface area (Å²) in [4.78, 5) is 35.8. The van der Waals surface area contributed by atoms with Gasteiger partial charge >= 0.3 is 0 Å². The van der Waals surface area contributed by atoms with Gasteiger partial charge in [-0.25, -0.2) is 0 Å². The van der Waals surface area contributed by atoms with Crippen LogP contribution in [0, 0.1) is 0 Å². The van der Waals surface area contributed by atoms with Crippen molar-refractivity contribution in [2.75, 3.05) is 5.32 Å². The molecule has 0 aliphatic carbocycles. The van der Waals surface area contributed by atoms with Gasteiger partial charge in [-0.2, -0.15) is 0 Å². The molecule has 0 fully saturated rings. The molecule has 118 valence electrons. The van der Waals surface area contributed by atoms with Crippen molar-refractivity contribution in [3.63, 3.8) is 0 Å². The molecule has 0 saturated heterocycles. The molecule has 7 heteroatoms. The van der Waals surface area contributed by atoms with Gasteiger partial charge in [0, 0.05) is 22.3 Å². The molecule has 1 aliphatic heterocycles. The minimum absolute atomic E-state index is 0.0811. The summed E-state index contributed by atoms with van der Waals surface area (Å²) >= 11 is 3.27. The Morgan fingerprint density at radius 1 is 1.30 bits per heavy atom. The number of pyridine rings is 1. The van der Waals surface area contributed by atoms with Crippen LogP contribution in [-0.4, -0.2) is 22.4 Å². The fourth-order valence-corrected chi connectivity index (χ4v) is 2.63. The van der Waals surface area contributed by atoms with Crippen molar-refractivity contribution in [1.82, 2.24) is 4.57 Å². The van der Waals surface area contributed by atoms with Crippen molar-refractivity contribution in [2.24, 2.45) is 0 Å². The number of fused-ring (bicyclic) bond motifs is 1. The van der Waals surface area contributed by atoms with Gasteiger partial charge in [0.05, 0.1) is 12.2 Å². The first-order chi connectivity index (χ1) is 10.9. The van der Waals surface area contributed by atoms with Crippen molar-refractivity contribution in [3.05, 3.63) is 56.9 Å². The van der Waals surface area contributed by atoms with Crippen LogP contribution < -0.4 is 15.6 Å². The monoisotopic (exact) mass is 376 g/mol. The first-order valence-electron chi connectivity index (χ1n) is 6.95. The van der Waals surface area contributed by atoms with Crippen molar-refractivity contribution >= 4 is 33.3 Å². The van der Waals surface area contributed by atoms with Gasteiger partial charge in [-0.15, -0.1) is 0 Å². The molecule has 1 aromatic carbocycles. The van der Waals surface area contributed by atoms with E-state index in [9.17, 15) is 14.4 Å². The van der Waals surface area contributed by atoms with E-state index in [0.717, 1.165) is 0 Å². The second-order valence-corrected chi connectivity index (χ2v) is 6.11. The predicted molar refractivity (Wildman–Crippen MR) is 87.9 cm³/mol. The molecule has 3 rings (SSSR count). The second kappa shape index (κ2) is 6.00. The first kappa shape index (κ1) is 15.5. The number of ether oxygens (including phenoxy) is 1.